The predicted molar refractivity (Wildman–Crippen MR) is 69.8 cm³/mol. The monoisotopic (exact) mass is 241 g/mol. The average molecular weight is 241 g/mol. The molecule has 0 aliphatic heterocycles. The van der Waals surface area contributed by atoms with E-state index in [1.165, 1.54) is 39.2 Å². The van der Waals surface area contributed by atoms with Crippen LogP contribution in [0.2, 0.25) is 0 Å². The van der Waals surface area contributed by atoms with E-state index >= 15 is 0 Å². The zero-order valence-corrected chi connectivity index (χ0v) is 12.0. The molecule has 0 radical (unpaired) electrons. The molecular weight excluding hydrogens is 214 g/mol. The molecule has 0 aromatic carbocycles. The van der Waals surface area contributed by atoms with Crippen molar-refractivity contribution in [3.63, 3.8) is 0 Å². The average Bonchev–Trinajstić information content (AvgIpc) is 2.28. The van der Waals surface area contributed by atoms with Gasteiger partial charge in [-0.1, -0.05) is 19.3 Å². The van der Waals surface area contributed by atoms with Crippen LogP contribution in [0.25, 0.3) is 0 Å². The summed E-state index contributed by atoms with van der Waals surface area (Å²) in [6.45, 7) is 4.02. The minimum atomic E-state index is -0.430. The summed E-state index contributed by atoms with van der Waals surface area (Å²) in [6, 6.07) is 0.273. The lowest BCUT2D eigenvalue weighted by Gasteiger charge is -2.43. The molecule has 0 heterocycles. The lowest BCUT2D eigenvalue weighted by Crippen LogP contribution is -2.51. The van der Waals surface area contributed by atoms with Gasteiger partial charge in [0.25, 0.3) is 0 Å². The maximum atomic E-state index is 12.0. The number of nitrogens with zero attached hydrogens (tertiary/aromatic N) is 1. The lowest BCUT2D eigenvalue weighted by molar-refractivity contribution is -0.156. The second kappa shape index (κ2) is 5.85. The zero-order valence-electron chi connectivity index (χ0n) is 12.0. The molecule has 1 aliphatic rings. The first-order chi connectivity index (χ1) is 7.91. The van der Waals surface area contributed by atoms with Crippen molar-refractivity contribution in [1.82, 2.24) is 4.90 Å². The van der Waals surface area contributed by atoms with Crippen LogP contribution >= 0.6 is 0 Å². The lowest BCUT2D eigenvalue weighted by atomic mass is 9.71. The smallest absolute Gasteiger partial charge is 0.312 e. The number of hydrogen-bond donors (Lipinski definition) is 0. The third-order valence-electron chi connectivity index (χ3n) is 4.10. The highest BCUT2D eigenvalue weighted by atomic mass is 16.5. The van der Waals surface area contributed by atoms with E-state index in [2.05, 4.69) is 19.0 Å². The maximum absolute atomic E-state index is 12.0. The first-order valence-corrected chi connectivity index (χ1v) is 6.66. The molecule has 1 aliphatic carbocycles. The van der Waals surface area contributed by atoms with E-state index in [0.29, 0.717) is 5.92 Å². The molecule has 0 amide bonds. The van der Waals surface area contributed by atoms with Gasteiger partial charge < -0.3 is 9.64 Å². The fraction of sp³-hybridized carbons (Fsp3) is 0.929. The van der Waals surface area contributed by atoms with Gasteiger partial charge in [0.05, 0.1) is 12.5 Å². The Labute approximate surface area is 106 Å². The van der Waals surface area contributed by atoms with Crippen LogP contribution < -0.4 is 0 Å². The molecule has 1 unspecified atom stereocenters. The molecule has 3 heteroatoms. The predicted octanol–water partition coefficient (Wildman–Crippen LogP) is 2.70. The topological polar surface area (TPSA) is 29.5 Å². The molecule has 1 fully saturated rings. The van der Waals surface area contributed by atoms with Gasteiger partial charge in [0, 0.05) is 6.04 Å². The van der Waals surface area contributed by atoms with Gasteiger partial charge in [-0.05, 0) is 46.7 Å². The number of hydrogen-bond acceptors (Lipinski definition) is 3. The first kappa shape index (κ1) is 14.5. The SMILES string of the molecule is COC(=O)C(C)(C)C(C1CCCCC1)N(C)C. The van der Waals surface area contributed by atoms with Crippen molar-refractivity contribution in [3.05, 3.63) is 0 Å². The van der Waals surface area contributed by atoms with Gasteiger partial charge >= 0.3 is 5.97 Å². The van der Waals surface area contributed by atoms with Crippen LogP contribution in [0.3, 0.4) is 0 Å². The van der Waals surface area contributed by atoms with Crippen LogP contribution in [0.5, 0.6) is 0 Å². The maximum Gasteiger partial charge on any atom is 0.312 e. The summed E-state index contributed by atoms with van der Waals surface area (Å²) < 4.78 is 4.97. The summed E-state index contributed by atoms with van der Waals surface area (Å²) in [4.78, 5) is 14.2. The number of rotatable bonds is 4. The van der Waals surface area contributed by atoms with Crippen molar-refractivity contribution in [2.45, 2.75) is 52.0 Å². The number of carbonyl (C=O) groups excluding carboxylic acids is 1. The Morgan fingerprint density at radius 3 is 2.18 bits per heavy atom. The first-order valence-electron chi connectivity index (χ1n) is 6.66. The molecular formula is C14H27NO2. The summed E-state index contributed by atoms with van der Waals surface area (Å²) in [7, 11) is 5.63. The second-order valence-electron chi connectivity index (χ2n) is 6.02. The van der Waals surface area contributed by atoms with Crippen LogP contribution in [0.15, 0.2) is 0 Å². The summed E-state index contributed by atoms with van der Waals surface area (Å²) in [6.07, 6.45) is 6.42. The van der Waals surface area contributed by atoms with E-state index in [9.17, 15) is 4.79 Å². The van der Waals surface area contributed by atoms with Crippen molar-refractivity contribution < 1.29 is 9.53 Å². The van der Waals surface area contributed by atoms with Crippen molar-refractivity contribution in [2.75, 3.05) is 21.2 Å². The molecule has 1 rings (SSSR count). The summed E-state index contributed by atoms with van der Waals surface area (Å²) >= 11 is 0. The molecule has 100 valence electrons. The minimum Gasteiger partial charge on any atom is -0.469 e. The van der Waals surface area contributed by atoms with Crippen molar-refractivity contribution in [2.24, 2.45) is 11.3 Å². The number of ether oxygens (including phenoxy) is 1. The van der Waals surface area contributed by atoms with E-state index in [-0.39, 0.29) is 12.0 Å². The van der Waals surface area contributed by atoms with E-state index in [4.69, 9.17) is 4.74 Å². The van der Waals surface area contributed by atoms with Crippen molar-refractivity contribution >= 4 is 5.97 Å². The highest BCUT2D eigenvalue weighted by molar-refractivity contribution is 5.76. The Morgan fingerprint density at radius 1 is 1.24 bits per heavy atom. The normalized spacial score (nSPS) is 20.4. The fourth-order valence-corrected chi connectivity index (χ4v) is 3.49. The number of esters is 1. The Bertz CT molecular complexity index is 255. The summed E-state index contributed by atoms with van der Waals surface area (Å²) in [5.74, 6) is 0.523. The Balaban J connectivity index is 2.87. The van der Waals surface area contributed by atoms with Gasteiger partial charge in [-0.25, -0.2) is 0 Å². The van der Waals surface area contributed by atoms with Gasteiger partial charge in [-0.15, -0.1) is 0 Å². The molecule has 17 heavy (non-hydrogen) atoms. The van der Waals surface area contributed by atoms with Gasteiger partial charge in [0.15, 0.2) is 0 Å². The molecule has 3 nitrogen and oxygen atoms in total. The highest BCUT2D eigenvalue weighted by Crippen LogP contribution is 2.38. The molecule has 0 N–H and O–H groups in total. The summed E-state index contributed by atoms with van der Waals surface area (Å²) in [5, 5.41) is 0. The highest BCUT2D eigenvalue weighted by Gasteiger charge is 2.43. The van der Waals surface area contributed by atoms with E-state index < -0.39 is 5.41 Å². The van der Waals surface area contributed by atoms with Gasteiger partial charge in [0.2, 0.25) is 0 Å². The van der Waals surface area contributed by atoms with Crippen LogP contribution in [0, 0.1) is 11.3 Å². The Morgan fingerprint density at radius 2 is 1.76 bits per heavy atom. The van der Waals surface area contributed by atoms with Crippen LogP contribution in [0.1, 0.15) is 46.0 Å². The molecule has 1 saturated carbocycles. The number of carbonyl (C=O) groups is 1. The standard InChI is InChI=1S/C14H27NO2/c1-14(2,13(16)17-5)12(15(3)4)11-9-7-6-8-10-11/h11-12H,6-10H2,1-5H3. The van der Waals surface area contributed by atoms with E-state index in [1.807, 2.05) is 13.8 Å². The van der Waals surface area contributed by atoms with Crippen LogP contribution in [0.4, 0.5) is 0 Å². The number of methoxy groups -OCH3 is 1. The Hall–Kier alpha value is -0.570. The van der Waals surface area contributed by atoms with Gasteiger partial charge in [0.1, 0.15) is 0 Å². The van der Waals surface area contributed by atoms with Gasteiger partial charge in [-0.2, -0.15) is 0 Å². The third kappa shape index (κ3) is 3.21. The third-order valence-corrected chi connectivity index (χ3v) is 4.10. The Kier molecular flexibility index (Phi) is 4.99. The minimum absolute atomic E-state index is 0.0956. The summed E-state index contributed by atoms with van der Waals surface area (Å²) in [5.41, 5.74) is -0.430. The molecule has 1 atom stereocenters. The largest absolute Gasteiger partial charge is 0.469 e. The second-order valence-corrected chi connectivity index (χ2v) is 6.02. The fourth-order valence-electron chi connectivity index (χ4n) is 3.49. The molecule has 0 spiro atoms. The molecule has 0 aromatic heterocycles. The molecule has 0 saturated heterocycles. The van der Waals surface area contributed by atoms with Crippen molar-refractivity contribution in [3.8, 4) is 0 Å². The quantitative estimate of drug-likeness (QED) is 0.709. The van der Waals surface area contributed by atoms with Crippen molar-refractivity contribution in [1.29, 1.82) is 0 Å². The van der Waals surface area contributed by atoms with E-state index in [0.717, 1.165) is 0 Å². The van der Waals surface area contributed by atoms with E-state index in [1.54, 1.807) is 0 Å². The van der Waals surface area contributed by atoms with Crippen LogP contribution in [-0.4, -0.2) is 38.1 Å². The van der Waals surface area contributed by atoms with Crippen LogP contribution in [-0.2, 0) is 9.53 Å². The zero-order chi connectivity index (χ0) is 13.1. The van der Waals surface area contributed by atoms with Gasteiger partial charge in [-0.3, -0.25) is 4.79 Å². The molecule has 0 bridgehead atoms. The molecule has 0 aromatic rings.